The third-order valence-electron chi connectivity index (χ3n) is 2.47. The van der Waals surface area contributed by atoms with Crippen LogP contribution in [-0.2, 0) is 12.8 Å². The Bertz CT molecular complexity index is 445. The van der Waals surface area contributed by atoms with Crippen LogP contribution < -0.4 is 0 Å². The number of hydrogen-bond donors (Lipinski definition) is 0. The van der Waals surface area contributed by atoms with E-state index >= 15 is 0 Å². The first-order chi connectivity index (χ1) is 7.29. The van der Waals surface area contributed by atoms with Gasteiger partial charge in [0, 0.05) is 16.3 Å². The van der Waals surface area contributed by atoms with Crippen molar-refractivity contribution >= 4 is 22.9 Å². The minimum atomic E-state index is 0.821. The molecule has 0 saturated carbocycles. The van der Waals surface area contributed by atoms with Gasteiger partial charge in [-0.3, -0.25) is 0 Å². The molecular weight excluding hydrogens is 224 g/mol. The van der Waals surface area contributed by atoms with Gasteiger partial charge >= 0.3 is 0 Å². The molecule has 0 aliphatic rings. The molecule has 15 heavy (non-hydrogen) atoms. The molecule has 1 aromatic carbocycles. The van der Waals surface area contributed by atoms with Crippen molar-refractivity contribution in [2.75, 3.05) is 0 Å². The van der Waals surface area contributed by atoms with E-state index in [0.29, 0.717) is 0 Å². The SMILES string of the molecule is CCc1ccsc1Cc1cccc(Cl)c1. The summed E-state index contributed by atoms with van der Waals surface area (Å²) in [4.78, 5) is 1.46. The highest BCUT2D eigenvalue weighted by atomic mass is 35.5. The van der Waals surface area contributed by atoms with E-state index in [4.69, 9.17) is 11.6 Å². The first-order valence-corrected chi connectivity index (χ1v) is 6.35. The van der Waals surface area contributed by atoms with Crippen LogP contribution in [0.4, 0.5) is 0 Å². The molecule has 1 heterocycles. The molecule has 0 N–H and O–H groups in total. The highest BCUT2D eigenvalue weighted by Crippen LogP contribution is 2.22. The van der Waals surface area contributed by atoms with Gasteiger partial charge in [-0.15, -0.1) is 11.3 Å². The number of benzene rings is 1. The molecule has 2 rings (SSSR count). The zero-order valence-electron chi connectivity index (χ0n) is 8.66. The Hall–Kier alpha value is -0.790. The number of rotatable bonds is 3. The average Bonchev–Trinajstić information content (AvgIpc) is 2.65. The molecule has 1 aromatic heterocycles. The van der Waals surface area contributed by atoms with E-state index in [1.807, 2.05) is 29.5 Å². The van der Waals surface area contributed by atoms with Gasteiger partial charge in [0.25, 0.3) is 0 Å². The molecule has 0 aliphatic carbocycles. The second-order valence-corrected chi connectivity index (χ2v) is 4.97. The Kier molecular flexibility index (Phi) is 3.45. The third kappa shape index (κ3) is 2.61. The molecule has 0 amide bonds. The first kappa shape index (κ1) is 10.7. The van der Waals surface area contributed by atoms with E-state index in [9.17, 15) is 0 Å². The van der Waals surface area contributed by atoms with Gasteiger partial charge in [-0.1, -0.05) is 30.7 Å². The fourth-order valence-electron chi connectivity index (χ4n) is 1.67. The predicted molar refractivity (Wildman–Crippen MR) is 68.0 cm³/mol. The first-order valence-electron chi connectivity index (χ1n) is 5.09. The minimum absolute atomic E-state index is 0.821. The van der Waals surface area contributed by atoms with Gasteiger partial charge in [-0.05, 0) is 41.1 Å². The fourth-order valence-corrected chi connectivity index (χ4v) is 2.89. The van der Waals surface area contributed by atoms with Crippen LogP contribution in [0, 0.1) is 0 Å². The summed E-state index contributed by atoms with van der Waals surface area (Å²) in [5, 5.41) is 2.99. The zero-order chi connectivity index (χ0) is 10.7. The summed E-state index contributed by atoms with van der Waals surface area (Å²) in [6.07, 6.45) is 2.11. The predicted octanol–water partition coefficient (Wildman–Crippen LogP) is 4.55. The molecular formula is C13H13ClS. The van der Waals surface area contributed by atoms with E-state index in [1.165, 1.54) is 16.0 Å². The van der Waals surface area contributed by atoms with Crippen LogP contribution in [0.2, 0.25) is 5.02 Å². The van der Waals surface area contributed by atoms with Gasteiger partial charge in [0.15, 0.2) is 0 Å². The quantitative estimate of drug-likeness (QED) is 0.733. The Morgan fingerprint density at radius 2 is 2.13 bits per heavy atom. The van der Waals surface area contributed by atoms with Crippen molar-refractivity contribution in [2.24, 2.45) is 0 Å². The highest BCUT2D eigenvalue weighted by Gasteiger charge is 2.03. The summed E-state index contributed by atoms with van der Waals surface area (Å²) in [6.45, 7) is 2.20. The lowest BCUT2D eigenvalue weighted by Gasteiger charge is -2.02. The molecule has 0 radical (unpaired) electrons. The normalized spacial score (nSPS) is 10.5. The summed E-state index contributed by atoms with van der Waals surface area (Å²) in [7, 11) is 0. The summed E-state index contributed by atoms with van der Waals surface area (Å²) in [6, 6.07) is 10.3. The van der Waals surface area contributed by atoms with E-state index in [-0.39, 0.29) is 0 Å². The Morgan fingerprint density at radius 3 is 2.87 bits per heavy atom. The molecule has 0 spiro atoms. The van der Waals surface area contributed by atoms with Crippen molar-refractivity contribution in [3.8, 4) is 0 Å². The second kappa shape index (κ2) is 4.82. The van der Waals surface area contributed by atoms with E-state index in [0.717, 1.165) is 17.9 Å². The molecule has 0 saturated heterocycles. The maximum atomic E-state index is 5.96. The molecule has 2 aromatic rings. The maximum absolute atomic E-state index is 5.96. The van der Waals surface area contributed by atoms with Crippen molar-refractivity contribution in [1.29, 1.82) is 0 Å². The molecule has 0 atom stereocenters. The summed E-state index contributed by atoms with van der Waals surface area (Å²) in [5.41, 5.74) is 2.75. The second-order valence-electron chi connectivity index (χ2n) is 3.53. The van der Waals surface area contributed by atoms with Gasteiger partial charge in [-0.25, -0.2) is 0 Å². The summed E-state index contributed by atoms with van der Waals surface area (Å²) in [5.74, 6) is 0. The highest BCUT2D eigenvalue weighted by molar-refractivity contribution is 7.10. The molecule has 78 valence electrons. The average molecular weight is 237 g/mol. The van der Waals surface area contributed by atoms with Crippen LogP contribution in [0.15, 0.2) is 35.7 Å². The molecule has 0 unspecified atom stereocenters. The smallest absolute Gasteiger partial charge is 0.0408 e. The summed E-state index contributed by atoms with van der Waals surface area (Å²) < 4.78 is 0. The minimum Gasteiger partial charge on any atom is -0.148 e. The lowest BCUT2D eigenvalue weighted by Crippen LogP contribution is -1.88. The van der Waals surface area contributed by atoms with Crippen molar-refractivity contribution < 1.29 is 0 Å². The van der Waals surface area contributed by atoms with Crippen LogP contribution in [-0.4, -0.2) is 0 Å². The van der Waals surface area contributed by atoms with E-state index in [2.05, 4.69) is 24.4 Å². The van der Waals surface area contributed by atoms with Crippen LogP contribution in [0.1, 0.15) is 22.9 Å². The number of aryl methyl sites for hydroxylation is 1. The number of thiophene rings is 1. The lowest BCUT2D eigenvalue weighted by molar-refractivity contribution is 1.10. The Morgan fingerprint density at radius 1 is 1.27 bits per heavy atom. The van der Waals surface area contributed by atoms with Crippen molar-refractivity contribution in [2.45, 2.75) is 19.8 Å². The maximum Gasteiger partial charge on any atom is 0.0408 e. The largest absolute Gasteiger partial charge is 0.148 e. The van der Waals surface area contributed by atoms with Crippen LogP contribution >= 0.6 is 22.9 Å². The monoisotopic (exact) mass is 236 g/mol. The van der Waals surface area contributed by atoms with E-state index in [1.54, 1.807) is 0 Å². The van der Waals surface area contributed by atoms with Gasteiger partial charge in [0.05, 0.1) is 0 Å². The Labute approximate surface area is 99.5 Å². The van der Waals surface area contributed by atoms with Gasteiger partial charge < -0.3 is 0 Å². The topological polar surface area (TPSA) is 0 Å². The van der Waals surface area contributed by atoms with Gasteiger partial charge in [-0.2, -0.15) is 0 Å². The summed E-state index contributed by atoms with van der Waals surface area (Å²) >= 11 is 7.79. The molecule has 2 heteroatoms. The third-order valence-corrected chi connectivity index (χ3v) is 3.67. The van der Waals surface area contributed by atoms with Crippen molar-refractivity contribution in [3.05, 3.63) is 56.7 Å². The molecule has 0 nitrogen and oxygen atoms in total. The number of halogens is 1. The van der Waals surface area contributed by atoms with Gasteiger partial charge in [0.2, 0.25) is 0 Å². The van der Waals surface area contributed by atoms with Gasteiger partial charge in [0.1, 0.15) is 0 Å². The van der Waals surface area contributed by atoms with Crippen molar-refractivity contribution in [1.82, 2.24) is 0 Å². The van der Waals surface area contributed by atoms with Crippen LogP contribution in [0.3, 0.4) is 0 Å². The van der Waals surface area contributed by atoms with Crippen LogP contribution in [0.5, 0.6) is 0 Å². The standard InChI is InChI=1S/C13H13ClS/c1-2-11-6-7-15-13(11)9-10-4-3-5-12(14)8-10/h3-8H,2,9H2,1H3. The lowest BCUT2D eigenvalue weighted by atomic mass is 10.1. The van der Waals surface area contributed by atoms with Crippen molar-refractivity contribution in [3.63, 3.8) is 0 Å². The molecule has 0 aliphatic heterocycles. The zero-order valence-corrected chi connectivity index (χ0v) is 10.2. The van der Waals surface area contributed by atoms with Crippen LogP contribution in [0.25, 0.3) is 0 Å². The number of hydrogen-bond acceptors (Lipinski definition) is 1. The molecule has 0 bridgehead atoms. The van der Waals surface area contributed by atoms with E-state index < -0.39 is 0 Å². The fraction of sp³-hybridized carbons (Fsp3) is 0.231. The molecule has 0 fully saturated rings. The Balaban J connectivity index is 2.22.